The summed E-state index contributed by atoms with van der Waals surface area (Å²) in [5.41, 5.74) is 0.446. The van der Waals surface area contributed by atoms with E-state index in [4.69, 9.17) is 5.11 Å². The molecule has 2 N–H and O–H groups in total. The lowest BCUT2D eigenvalue weighted by Gasteiger charge is -2.15. The Hall–Kier alpha value is -1.80. The molecule has 0 radical (unpaired) electrons. The normalized spacial score (nSPS) is 17.9. The number of anilines is 1. The molecule has 1 atom stereocenters. The number of ketones is 1. The maximum Gasteiger partial charge on any atom is 0.307 e. The first-order valence-corrected chi connectivity index (χ1v) is 6.37. The summed E-state index contributed by atoms with van der Waals surface area (Å²) in [6, 6.07) is 0. The van der Waals surface area contributed by atoms with Crippen LogP contribution >= 0.6 is 11.3 Å². The van der Waals surface area contributed by atoms with Crippen LogP contribution < -0.4 is 5.32 Å². The van der Waals surface area contributed by atoms with E-state index in [-0.39, 0.29) is 31.1 Å². The molecule has 19 heavy (non-hydrogen) atoms. The summed E-state index contributed by atoms with van der Waals surface area (Å²) in [5.74, 6) is -2.34. The molecule has 1 aliphatic rings. The molecule has 0 bridgehead atoms. The summed E-state index contributed by atoms with van der Waals surface area (Å²) in [7, 11) is 1.40. The summed E-state index contributed by atoms with van der Waals surface area (Å²) in [5, 5.41) is 11.7. The van der Waals surface area contributed by atoms with Crippen LogP contribution in [-0.4, -0.2) is 41.5 Å². The predicted molar refractivity (Wildman–Crippen MR) is 66.4 cm³/mol. The first-order valence-electron chi connectivity index (χ1n) is 5.55. The molecule has 7 nitrogen and oxygen atoms in total. The number of methoxy groups -OCH3 is 1. The van der Waals surface area contributed by atoms with Crippen molar-refractivity contribution in [3.8, 4) is 0 Å². The predicted octanol–water partition coefficient (Wildman–Crippen LogP) is 0.558. The van der Waals surface area contributed by atoms with Gasteiger partial charge in [0.15, 0.2) is 10.9 Å². The highest BCUT2D eigenvalue weighted by Gasteiger charge is 2.32. The molecular formula is C11H12N2O5S. The Morgan fingerprint density at radius 2 is 2.26 bits per heavy atom. The van der Waals surface area contributed by atoms with Gasteiger partial charge in [0.25, 0.3) is 5.91 Å². The van der Waals surface area contributed by atoms with Gasteiger partial charge in [-0.2, -0.15) is 0 Å². The minimum Gasteiger partial charge on any atom is -0.481 e. The van der Waals surface area contributed by atoms with Gasteiger partial charge < -0.3 is 9.84 Å². The van der Waals surface area contributed by atoms with Crippen molar-refractivity contribution < 1.29 is 24.2 Å². The zero-order valence-corrected chi connectivity index (χ0v) is 11.0. The van der Waals surface area contributed by atoms with Crippen LogP contribution in [0.4, 0.5) is 5.13 Å². The van der Waals surface area contributed by atoms with Gasteiger partial charge >= 0.3 is 5.97 Å². The van der Waals surface area contributed by atoms with Crippen molar-refractivity contribution in [2.75, 3.05) is 19.0 Å². The Bertz CT molecular complexity index is 539. The van der Waals surface area contributed by atoms with Gasteiger partial charge in [0, 0.05) is 20.0 Å². The molecule has 1 aromatic rings. The van der Waals surface area contributed by atoms with Crippen molar-refractivity contribution >= 4 is 34.1 Å². The number of carbonyl (C=O) groups excluding carboxylic acids is 2. The van der Waals surface area contributed by atoms with E-state index in [0.717, 1.165) is 11.3 Å². The maximum atomic E-state index is 11.8. The molecule has 0 aliphatic heterocycles. The number of fused-ring (bicyclic) bond motifs is 1. The van der Waals surface area contributed by atoms with E-state index in [1.807, 2.05) is 0 Å². The van der Waals surface area contributed by atoms with Crippen LogP contribution in [-0.2, 0) is 20.7 Å². The molecule has 1 aromatic heterocycles. The maximum absolute atomic E-state index is 11.8. The first-order chi connectivity index (χ1) is 9.01. The Labute approximate surface area is 112 Å². The van der Waals surface area contributed by atoms with Crippen LogP contribution in [0.5, 0.6) is 0 Å². The summed E-state index contributed by atoms with van der Waals surface area (Å²) >= 11 is 1.07. The molecule has 8 heteroatoms. The fourth-order valence-corrected chi connectivity index (χ4v) is 2.80. The van der Waals surface area contributed by atoms with E-state index >= 15 is 0 Å². The summed E-state index contributed by atoms with van der Waals surface area (Å²) in [6.45, 7) is -0.101. The van der Waals surface area contributed by atoms with Crippen molar-refractivity contribution in [2.24, 2.45) is 5.92 Å². The lowest BCUT2D eigenvalue weighted by atomic mass is 9.90. The van der Waals surface area contributed by atoms with Gasteiger partial charge in [0.05, 0.1) is 16.5 Å². The molecule has 0 unspecified atom stereocenters. The fourth-order valence-electron chi connectivity index (χ4n) is 1.84. The average molecular weight is 284 g/mol. The molecule has 1 aliphatic carbocycles. The second-order valence-corrected chi connectivity index (χ2v) is 5.14. The number of carboxylic acid groups (broad SMARTS) is 1. The smallest absolute Gasteiger partial charge is 0.307 e. The number of carbonyl (C=O) groups is 3. The second kappa shape index (κ2) is 5.45. The highest BCUT2D eigenvalue weighted by atomic mass is 32.1. The van der Waals surface area contributed by atoms with Crippen LogP contribution in [0, 0.1) is 5.92 Å². The first kappa shape index (κ1) is 13.6. The standard InChI is InChI=1S/C11H12N2O5S/c1-18-4-8(15)13-11-12-6-2-5(10(16)17)3-7(14)9(6)19-11/h5H,2-4H2,1H3,(H,16,17)(H,12,13,15)/t5-/m0/s1. The number of ether oxygens (including phenoxy) is 1. The van der Waals surface area contributed by atoms with Crippen molar-refractivity contribution in [2.45, 2.75) is 12.8 Å². The molecular weight excluding hydrogens is 272 g/mol. The third-order valence-corrected chi connectivity index (χ3v) is 3.75. The fraction of sp³-hybridized carbons (Fsp3) is 0.455. The topological polar surface area (TPSA) is 106 Å². The third-order valence-electron chi connectivity index (χ3n) is 2.69. The average Bonchev–Trinajstić information content (AvgIpc) is 2.72. The van der Waals surface area contributed by atoms with Gasteiger partial charge in [-0.1, -0.05) is 11.3 Å². The van der Waals surface area contributed by atoms with Crippen LogP contribution in [0.3, 0.4) is 0 Å². The van der Waals surface area contributed by atoms with Crippen LogP contribution in [0.1, 0.15) is 21.8 Å². The third kappa shape index (κ3) is 2.96. The van der Waals surface area contributed by atoms with Gasteiger partial charge in [0.2, 0.25) is 0 Å². The van der Waals surface area contributed by atoms with Crippen molar-refractivity contribution in [3.05, 3.63) is 10.6 Å². The monoisotopic (exact) mass is 284 g/mol. The quantitative estimate of drug-likeness (QED) is 0.836. The van der Waals surface area contributed by atoms with Crippen LogP contribution in [0.25, 0.3) is 0 Å². The summed E-state index contributed by atoms with van der Waals surface area (Å²) in [6.07, 6.45) is 0.197. The van der Waals surface area contributed by atoms with E-state index in [9.17, 15) is 14.4 Å². The number of thiazole rings is 1. The minimum atomic E-state index is -1.00. The number of Topliss-reactive ketones (excluding diaryl/α,β-unsaturated/α-hetero) is 1. The van der Waals surface area contributed by atoms with Gasteiger partial charge in [-0.05, 0) is 0 Å². The SMILES string of the molecule is COCC(=O)Nc1nc2c(s1)C(=O)C[C@@H](C(=O)O)C2. The Morgan fingerprint density at radius 1 is 1.53 bits per heavy atom. The van der Waals surface area contributed by atoms with E-state index < -0.39 is 11.9 Å². The number of amides is 1. The van der Waals surface area contributed by atoms with Gasteiger partial charge in [-0.25, -0.2) is 4.98 Å². The Morgan fingerprint density at radius 3 is 2.89 bits per heavy atom. The number of aromatic nitrogens is 1. The molecule has 0 saturated carbocycles. The Balaban J connectivity index is 2.17. The highest BCUT2D eigenvalue weighted by Crippen LogP contribution is 2.32. The molecule has 1 heterocycles. The lowest BCUT2D eigenvalue weighted by molar-refractivity contribution is -0.141. The van der Waals surface area contributed by atoms with Crippen molar-refractivity contribution in [1.82, 2.24) is 4.98 Å². The van der Waals surface area contributed by atoms with E-state index in [1.54, 1.807) is 0 Å². The molecule has 1 amide bonds. The number of aliphatic carboxylic acids is 1. The Kier molecular flexibility index (Phi) is 3.91. The summed E-state index contributed by atoms with van der Waals surface area (Å²) < 4.78 is 4.67. The van der Waals surface area contributed by atoms with Crippen LogP contribution in [0.15, 0.2) is 0 Å². The number of rotatable bonds is 4. The number of nitrogens with one attached hydrogen (secondary N) is 1. The van der Waals surface area contributed by atoms with E-state index in [2.05, 4.69) is 15.0 Å². The van der Waals surface area contributed by atoms with Crippen molar-refractivity contribution in [3.63, 3.8) is 0 Å². The molecule has 2 rings (SSSR count). The molecule has 0 aromatic carbocycles. The number of hydrogen-bond donors (Lipinski definition) is 2. The summed E-state index contributed by atoms with van der Waals surface area (Å²) in [4.78, 5) is 38.6. The molecule has 0 saturated heterocycles. The van der Waals surface area contributed by atoms with Crippen molar-refractivity contribution in [1.29, 1.82) is 0 Å². The van der Waals surface area contributed by atoms with E-state index in [1.165, 1.54) is 7.11 Å². The number of hydrogen-bond acceptors (Lipinski definition) is 6. The molecule has 0 spiro atoms. The molecule has 0 fully saturated rings. The minimum absolute atomic E-state index is 0.0179. The van der Waals surface area contributed by atoms with E-state index in [0.29, 0.717) is 15.7 Å². The van der Waals surface area contributed by atoms with Gasteiger partial charge in [-0.3, -0.25) is 19.7 Å². The lowest BCUT2D eigenvalue weighted by Crippen LogP contribution is -2.25. The largest absolute Gasteiger partial charge is 0.481 e. The van der Waals surface area contributed by atoms with Gasteiger partial charge in [-0.15, -0.1) is 0 Å². The van der Waals surface area contributed by atoms with Gasteiger partial charge in [0.1, 0.15) is 6.61 Å². The second-order valence-electron chi connectivity index (χ2n) is 4.14. The zero-order valence-electron chi connectivity index (χ0n) is 10.1. The molecule has 102 valence electrons. The van der Waals surface area contributed by atoms with Crippen LogP contribution in [0.2, 0.25) is 0 Å². The number of carboxylic acids is 1. The zero-order chi connectivity index (χ0) is 14.0. The highest BCUT2D eigenvalue weighted by molar-refractivity contribution is 7.17. The number of nitrogens with zero attached hydrogens (tertiary/aromatic N) is 1.